The topological polar surface area (TPSA) is 25.8 Å². The molecule has 0 aliphatic carbocycles. The maximum atomic E-state index is 4.59. The van der Waals surface area contributed by atoms with Gasteiger partial charge in [0.25, 0.3) is 0 Å². The Morgan fingerprint density at radius 3 is 1.60 bits per heavy atom. The minimum atomic E-state index is 0.752. The molecule has 0 saturated heterocycles. The zero-order chi connectivity index (χ0) is 17.1. The van der Waals surface area contributed by atoms with Crippen LogP contribution in [0.2, 0.25) is 0 Å². The Morgan fingerprint density at radius 1 is 0.560 bits per heavy atom. The SMILES string of the molecule is Ic1ccnc(-c2cc(-c3ccccc3)cc(-c3ccccc3)c2)n1. The molecule has 0 bridgehead atoms. The summed E-state index contributed by atoms with van der Waals surface area (Å²) >= 11 is 2.22. The molecule has 4 aromatic rings. The van der Waals surface area contributed by atoms with Crippen molar-refractivity contribution in [3.63, 3.8) is 0 Å². The predicted octanol–water partition coefficient (Wildman–Crippen LogP) is 6.08. The second-order valence-corrected chi connectivity index (χ2v) is 6.84. The summed E-state index contributed by atoms with van der Waals surface area (Å²) in [5.74, 6) is 0.752. The van der Waals surface area contributed by atoms with Crippen LogP contribution in [0.25, 0.3) is 33.6 Å². The van der Waals surface area contributed by atoms with E-state index in [-0.39, 0.29) is 0 Å². The number of hydrogen-bond donors (Lipinski definition) is 0. The molecule has 25 heavy (non-hydrogen) atoms. The summed E-state index contributed by atoms with van der Waals surface area (Å²) in [7, 11) is 0. The lowest BCUT2D eigenvalue weighted by Gasteiger charge is -2.10. The predicted molar refractivity (Wildman–Crippen MR) is 111 cm³/mol. The van der Waals surface area contributed by atoms with Crippen LogP contribution in [0.15, 0.2) is 91.1 Å². The zero-order valence-electron chi connectivity index (χ0n) is 13.4. The van der Waals surface area contributed by atoms with Crippen molar-refractivity contribution < 1.29 is 0 Å². The molecule has 0 aliphatic rings. The van der Waals surface area contributed by atoms with Gasteiger partial charge in [0.2, 0.25) is 0 Å². The highest BCUT2D eigenvalue weighted by Gasteiger charge is 2.09. The van der Waals surface area contributed by atoms with E-state index in [9.17, 15) is 0 Å². The summed E-state index contributed by atoms with van der Waals surface area (Å²) in [5, 5.41) is 0. The molecule has 2 nitrogen and oxygen atoms in total. The van der Waals surface area contributed by atoms with Crippen LogP contribution >= 0.6 is 22.6 Å². The van der Waals surface area contributed by atoms with Gasteiger partial charge in [-0.2, -0.15) is 0 Å². The van der Waals surface area contributed by atoms with Gasteiger partial charge in [-0.25, -0.2) is 9.97 Å². The van der Waals surface area contributed by atoms with Gasteiger partial charge in [-0.3, -0.25) is 0 Å². The third kappa shape index (κ3) is 3.61. The highest BCUT2D eigenvalue weighted by molar-refractivity contribution is 14.1. The highest BCUT2D eigenvalue weighted by atomic mass is 127. The Labute approximate surface area is 160 Å². The first-order valence-corrected chi connectivity index (χ1v) is 9.12. The van der Waals surface area contributed by atoms with E-state index in [2.05, 4.69) is 99.3 Å². The van der Waals surface area contributed by atoms with Crippen LogP contribution in [0.1, 0.15) is 0 Å². The smallest absolute Gasteiger partial charge is 0.160 e. The molecular formula is C22H15IN2. The molecule has 0 aliphatic heterocycles. The second-order valence-electron chi connectivity index (χ2n) is 5.73. The van der Waals surface area contributed by atoms with Crippen LogP contribution in [0, 0.1) is 3.70 Å². The molecule has 1 heterocycles. The summed E-state index contributed by atoms with van der Waals surface area (Å²) < 4.78 is 0.939. The van der Waals surface area contributed by atoms with E-state index in [0.717, 1.165) is 15.1 Å². The highest BCUT2D eigenvalue weighted by Crippen LogP contribution is 2.31. The fourth-order valence-electron chi connectivity index (χ4n) is 2.83. The van der Waals surface area contributed by atoms with Crippen molar-refractivity contribution in [2.75, 3.05) is 0 Å². The minimum absolute atomic E-state index is 0.752. The van der Waals surface area contributed by atoms with E-state index in [1.165, 1.54) is 22.3 Å². The summed E-state index contributed by atoms with van der Waals surface area (Å²) in [4.78, 5) is 9.05. The van der Waals surface area contributed by atoms with Gasteiger partial charge in [0, 0.05) is 11.8 Å². The second kappa shape index (κ2) is 7.15. The first kappa shape index (κ1) is 16.0. The summed E-state index contributed by atoms with van der Waals surface area (Å²) in [6.07, 6.45) is 1.81. The maximum absolute atomic E-state index is 4.59. The molecule has 0 N–H and O–H groups in total. The largest absolute Gasteiger partial charge is 0.237 e. The molecule has 0 amide bonds. The lowest BCUT2D eigenvalue weighted by Crippen LogP contribution is -1.92. The van der Waals surface area contributed by atoms with Crippen LogP contribution in [0.4, 0.5) is 0 Å². The third-order valence-electron chi connectivity index (χ3n) is 4.03. The van der Waals surface area contributed by atoms with Gasteiger partial charge in [-0.1, -0.05) is 60.7 Å². The first-order valence-electron chi connectivity index (χ1n) is 8.04. The average molecular weight is 434 g/mol. The van der Waals surface area contributed by atoms with E-state index < -0.39 is 0 Å². The van der Waals surface area contributed by atoms with E-state index in [1.807, 2.05) is 24.4 Å². The molecule has 1 aromatic heterocycles. The molecule has 0 atom stereocenters. The van der Waals surface area contributed by atoms with Crippen molar-refractivity contribution in [2.45, 2.75) is 0 Å². The average Bonchev–Trinajstić information content (AvgIpc) is 2.69. The Bertz CT molecular complexity index is 941. The van der Waals surface area contributed by atoms with Crippen LogP contribution in [-0.4, -0.2) is 9.97 Å². The Balaban J connectivity index is 1.92. The van der Waals surface area contributed by atoms with Crippen LogP contribution in [-0.2, 0) is 0 Å². The van der Waals surface area contributed by atoms with Crippen molar-refractivity contribution in [1.82, 2.24) is 9.97 Å². The number of halogens is 1. The quantitative estimate of drug-likeness (QED) is 0.289. The van der Waals surface area contributed by atoms with Gasteiger partial charge < -0.3 is 0 Å². The molecule has 0 saturated carbocycles. The lowest BCUT2D eigenvalue weighted by molar-refractivity contribution is 1.15. The summed E-state index contributed by atoms with van der Waals surface area (Å²) in [5.41, 5.74) is 5.73. The molecule has 0 unspecified atom stereocenters. The van der Waals surface area contributed by atoms with Crippen molar-refractivity contribution in [3.05, 3.63) is 94.8 Å². The molecule has 3 aromatic carbocycles. The van der Waals surface area contributed by atoms with E-state index in [1.54, 1.807) is 0 Å². The number of hydrogen-bond acceptors (Lipinski definition) is 2. The molecule has 3 heteroatoms. The molecule has 0 spiro atoms. The van der Waals surface area contributed by atoms with E-state index in [0.29, 0.717) is 0 Å². The van der Waals surface area contributed by atoms with Gasteiger partial charge in [-0.15, -0.1) is 0 Å². The third-order valence-corrected chi connectivity index (χ3v) is 4.63. The van der Waals surface area contributed by atoms with Crippen molar-refractivity contribution in [3.8, 4) is 33.6 Å². The van der Waals surface area contributed by atoms with Crippen LogP contribution in [0.5, 0.6) is 0 Å². The zero-order valence-corrected chi connectivity index (χ0v) is 15.6. The van der Waals surface area contributed by atoms with Crippen LogP contribution < -0.4 is 0 Å². The Morgan fingerprint density at radius 2 is 1.08 bits per heavy atom. The van der Waals surface area contributed by atoms with Crippen molar-refractivity contribution in [2.24, 2.45) is 0 Å². The molecule has 0 radical (unpaired) electrons. The lowest BCUT2D eigenvalue weighted by atomic mass is 9.96. The number of rotatable bonds is 3. The van der Waals surface area contributed by atoms with E-state index in [4.69, 9.17) is 0 Å². The van der Waals surface area contributed by atoms with E-state index >= 15 is 0 Å². The standard InChI is InChI=1S/C22H15IN2/c23-21-11-12-24-22(25-21)20-14-18(16-7-3-1-4-8-16)13-19(15-20)17-9-5-2-6-10-17/h1-15H. The van der Waals surface area contributed by atoms with Crippen LogP contribution in [0.3, 0.4) is 0 Å². The number of nitrogens with zero attached hydrogens (tertiary/aromatic N) is 2. The van der Waals surface area contributed by atoms with Gasteiger partial charge >= 0.3 is 0 Å². The Kier molecular flexibility index (Phi) is 4.57. The fourth-order valence-corrected chi connectivity index (χ4v) is 3.22. The van der Waals surface area contributed by atoms with Gasteiger partial charge in [0.05, 0.1) is 0 Å². The first-order chi connectivity index (χ1) is 12.3. The minimum Gasteiger partial charge on any atom is -0.237 e. The summed E-state index contributed by atoms with van der Waals surface area (Å²) in [6, 6.07) is 29.3. The van der Waals surface area contributed by atoms with Gasteiger partial charge in [-0.05, 0) is 69.1 Å². The molecule has 120 valence electrons. The Hall–Kier alpha value is -2.53. The summed E-state index contributed by atoms with van der Waals surface area (Å²) in [6.45, 7) is 0. The maximum Gasteiger partial charge on any atom is 0.160 e. The number of aromatic nitrogens is 2. The molecule has 4 rings (SSSR count). The van der Waals surface area contributed by atoms with Crippen molar-refractivity contribution in [1.29, 1.82) is 0 Å². The number of benzene rings is 3. The molecule has 0 fully saturated rings. The fraction of sp³-hybridized carbons (Fsp3) is 0. The van der Waals surface area contributed by atoms with Gasteiger partial charge in [0.15, 0.2) is 5.82 Å². The van der Waals surface area contributed by atoms with Gasteiger partial charge in [0.1, 0.15) is 3.70 Å². The molecular weight excluding hydrogens is 419 g/mol. The monoisotopic (exact) mass is 434 g/mol. The normalized spacial score (nSPS) is 10.6. The van der Waals surface area contributed by atoms with Crippen molar-refractivity contribution >= 4 is 22.6 Å².